The van der Waals surface area contributed by atoms with Gasteiger partial charge in [-0.1, -0.05) is 19.3 Å². The number of aliphatic hydroxyl groups is 1. The van der Waals surface area contributed by atoms with Crippen molar-refractivity contribution in [3.8, 4) is 0 Å². The number of hydrogen-bond donors (Lipinski definition) is 1. The summed E-state index contributed by atoms with van der Waals surface area (Å²) in [5.41, 5.74) is 0.0198. The molecule has 1 aliphatic carbocycles. The van der Waals surface area contributed by atoms with Gasteiger partial charge in [0.05, 0.1) is 6.10 Å². The van der Waals surface area contributed by atoms with E-state index in [1.807, 2.05) is 0 Å². The van der Waals surface area contributed by atoms with E-state index in [1.54, 1.807) is 7.11 Å². The van der Waals surface area contributed by atoms with Crippen LogP contribution in [-0.4, -0.2) is 49.5 Å². The van der Waals surface area contributed by atoms with Gasteiger partial charge in [0, 0.05) is 19.3 Å². The number of nitrogens with zero attached hydrogens (tertiary/aromatic N) is 1. The zero-order valence-corrected chi connectivity index (χ0v) is 11.0. The fraction of sp³-hybridized carbons (Fsp3) is 1.00. The molecule has 1 rings (SSSR count). The molecule has 0 amide bonds. The van der Waals surface area contributed by atoms with E-state index in [4.69, 9.17) is 4.74 Å². The summed E-state index contributed by atoms with van der Waals surface area (Å²) < 4.78 is 5.05. The molecule has 1 atom stereocenters. The Kier molecular flexibility index (Phi) is 5.73. The minimum atomic E-state index is -0.210. The van der Waals surface area contributed by atoms with E-state index in [0.717, 1.165) is 32.3 Å². The lowest BCUT2D eigenvalue weighted by Crippen LogP contribution is -2.54. The van der Waals surface area contributed by atoms with E-state index in [0.29, 0.717) is 0 Å². The molecule has 0 aromatic heterocycles. The summed E-state index contributed by atoms with van der Waals surface area (Å²) in [4.78, 5) is 2.24. The molecule has 0 aliphatic heterocycles. The number of methoxy groups -OCH3 is 1. The molecule has 0 heterocycles. The molecule has 0 spiro atoms. The molecule has 0 saturated heterocycles. The second kappa shape index (κ2) is 6.58. The van der Waals surface area contributed by atoms with E-state index < -0.39 is 0 Å². The molecule has 0 bridgehead atoms. The fourth-order valence-corrected chi connectivity index (χ4v) is 2.93. The van der Waals surface area contributed by atoms with E-state index in [2.05, 4.69) is 19.0 Å². The number of aliphatic hydroxyl groups excluding tert-OH is 1. The van der Waals surface area contributed by atoms with Crippen molar-refractivity contribution >= 4 is 0 Å². The quantitative estimate of drug-likeness (QED) is 0.707. The van der Waals surface area contributed by atoms with Gasteiger partial charge in [-0.3, -0.25) is 0 Å². The zero-order valence-electron chi connectivity index (χ0n) is 11.0. The highest BCUT2D eigenvalue weighted by molar-refractivity contribution is 4.96. The first kappa shape index (κ1) is 13.9. The van der Waals surface area contributed by atoms with Crippen molar-refractivity contribution in [2.75, 3.05) is 27.8 Å². The van der Waals surface area contributed by atoms with Gasteiger partial charge in [-0.2, -0.15) is 0 Å². The highest BCUT2D eigenvalue weighted by atomic mass is 16.5. The Bertz CT molecular complexity index is 188. The van der Waals surface area contributed by atoms with Gasteiger partial charge in [0.15, 0.2) is 0 Å². The molecule has 0 radical (unpaired) electrons. The van der Waals surface area contributed by atoms with Crippen LogP contribution < -0.4 is 0 Å². The predicted octanol–water partition coefficient (Wildman–Crippen LogP) is 2.04. The Hall–Kier alpha value is -0.120. The van der Waals surface area contributed by atoms with Crippen LogP contribution in [0.1, 0.15) is 44.9 Å². The molecule has 1 aliphatic rings. The zero-order chi connectivity index (χ0) is 12.0. The summed E-state index contributed by atoms with van der Waals surface area (Å²) in [7, 11) is 5.92. The van der Waals surface area contributed by atoms with Crippen LogP contribution in [0, 0.1) is 0 Å². The van der Waals surface area contributed by atoms with Crippen LogP contribution in [0.2, 0.25) is 0 Å². The lowest BCUT2D eigenvalue weighted by Gasteiger charge is -2.46. The van der Waals surface area contributed by atoms with Crippen LogP contribution in [0.15, 0.2) is 0 Å². The molecular formula is C13H27NO2. The van der Waals surface area contributed by atoms with Crippen molar-refractivity contribution < 1.29 is 9.84 Å². The third-order valence-electron chi connectivity index (χ3n) is 4.06. The molecule has 16 heavy (non-hydrogen) atoms. The van der Waals surface area contributed by atoms with Crippen LogP contribution in [-0.2, 0) is 4.74 Å². The minimum Gasteiger partial charge on any atom is -0.391 e. The van der Waals surface area contributed by atoms with Crippen molar-refractivity contribution in [2.45, 2.75) is 56.6 Å². The predicted molar refractivity (Wildman–Crippen MR) is 66.6 cm³/mol. The van der Waals surface area contributed by atoms with E-state index >= 15 is 0 Å². The fourth-order valence-electron chi connectivity index (χ4n) is 2.93. The Morgan fingerprint density at radius 1 is 1.25 bits per heavy atom. The van der Waals surface area contributed by atoms with Gasteiger partial charge in [-0.25, -0.2) is 0 Å². The normalized spacial score (nSPS) is 22.3. The summed E-state index contributed by atoms with van der Waals surface area (Å²) in [5, 5.41) is 10.4. The standard InChI is InChI=1S/C13H27NO2/c1-14(2)13(9-5-4-6-10-13)12(15)8-7-11-16-3/h12,15H,4-11H2,1-3H3. The summed E-state index contributed by atoms with van der Waals surface area (Å²) in [6.45, 7) is 0.751. The Morgan fingerprint density at radius 3 is 2.38 bits per heavy atom. The van der Waals surface area contributed by atoms with Crippen molar-refractivity contribution in [1.29, 1.82) is 0 Å². The minimum absolute atomic E-state index is 0.0198. The van der Waals surface area contributed by atoms with Crippen LogP contribution in [0.25, 0.3) is 0 Å². The van der Waals surface area contributed by atoms with Gasteiger partial charge in [-0.05, 0) is 39.8 Å². The monoisotopic (exact) mass is 229 g/mol. The second-order valence-electron chi connectivity index (χ2n) is 5.21. The Labute approximate surface area is 99.8 Å². The summed E-state index contributed by atoms with van der Waals surface area (Å²) in [5.74, 6) is 0. The van der Waals surface area contributed by atoms with Crippen molar-refractivity contribution in [3.63, 3.8) is 0 Å². The van der Waals surface area contributed by atoms with Gasteiger partial charge < -0.3 is 14.7 Å². The van der Waals surface area contributed by atoms with Gasteiger partial charge in [0.2, 0.25) is 0 Å². The molecule has 1 unspecified atom stereocenters. The van der Waals surface area contributed by atoms with Gasteiger partial charge in [0.25, 0.3) is 0 Å². The molecule has 3 heteroatoms. The average molecular weight is 229 g/mol. The maximum absolute atomic E-state index is 10.4. The molecule has 0 aromatic rings. The first-order chi connectivity index (χ1) is 7.63. The lowest BCUT2D eigenvalue weighted by molar-refractivity contribution is -0.0385. The van der Waals surface area contributed by atoms with Gasteiger partial charge in [-0.15, -0.1) is 0 Å². The van der Waals surface area contributed by atoms with Crippen molar-refractivity contribution in [1.82, 2.24) is 4.90 Å². The lowest BCUT2D eigenvalue weighted by atomic mass is 9.75. The van der Waals surface area contributed by atoms with Crippen molar-refractivity contribution in [3.05, 3.63) is 0 Å². The number of likely N-dealkylation sites (N-methyl/N-ethyl adjacent to an activating group) is 1. The number of ether oxygens (including phenoxy) is 1. The summed E-state index contributed by atoms with van der Waals surface area (Å²) in [6, 6.07) is 0. The first-order valence-corrected chi connectivity index (χ1v) is 6.48. The largest absolute Gasteiger partial charge is 0.391 e. The van der Waals surface area contributed by atoms with E-state index in [-0.39, 0.29) is 11.6 Å². The Morgan fingerprint density at radius 2 is 1.88 bits per heavy atom. The van der Waals surface area contributed by atoms with Crippen molar-refractivity contribution in [2.24, 2.45) is 0 Å². The molecule has 1 fully saturated rings. The molecule has 96 valence electrons. The molecule has 1 N–H and O–H groups in total. The van der Waals surface area contributed by atoms with Crippen LogP contribution >= 0.6 is 0 Å². The maximum Gasteiger partial charge on any atom is 0.0724 e. The highest BCUT2D eigenvalue weighted by Gasteiger charge is 2.40. The third kappa shape index (κ3) is 3.19. The molecule has 1 saturated carbocycles. The van der Waals surface area contributed by atoms with E-state index in [9.17, 15) is 5.11 Å². The number of hydrogen-bond acceptors (Lipinski definition) is 3. The third-order valence-corrected chi connectivity index (χ3v) is 4.06. The van der Waals surface area contributed by atoms with Gasteiger partial charge in [0.1, 0.15) is 0 Å². The first-order valence-electron chi connectivity index (χ1n) is 6.48. The summed E-state index contributed by atoms with van der Waals surface area (Å²) >= 11 is 0. The SMILES string of the molecule is COCCCC(O)C1(N(C)C)CCCCC1. The van der Waals surface area contributed by atoms with E-state index in [1.165, 1.54) is 19.3 Å². The summed E-state index contributed by atoms with van der Waals surface area (Å²) in [6.07, 6.45) is 7.68. The van der Waals surface area contributed by atoms with Gasteiger partial charge >= 0.3 is 0 Å². The maximum atomic E-state index is 10.4. The number of rotatable bonds is 6. The second-order valence-corrected chi connectivity index (χ2v) is 5.21. The average Bonchev–Trinajstić information content (AvgIpc) is 2.30. The Balaban J connectivity index is 2.54. The smallest absolute Gasteiger partial charge is 0.0724 e. The van der Waals surface area contributed by atoms with Crippen LogP contribution in [0.4, 0.5) is 0 Å². The highest BCUT2D eigenvalue weighted by Crippen LogP contribution is 2.36. The van der Waals surface area contributed by atoms with Crippen LogP contribution in [0.3, 0.4) is 0 Å². The molecule has 3 nitrogen and oxygen atoms in total. The molecular weight excluding hydrogens is 202 g/mol. The van der Waals surface area contributed by atoms with Crippen LogP contribution in [0.5, 0.6) is 0 Å². The topological polar surface area (TPSA) is 32.7 Å². The molecule has 0 aromatic carbocycles.